The first-order chi connectivity index (χ1) is 6.52. The van der Waals surface area contributed by atoms with Gasteiger partial charge in [0.25, 0.3) is 0 Å². The van der Waals surface area contributed by atoms with Crippen molar-refractivity contribution in [3.8, 4) is 0 Å². The molecule has 0 atom stereocenters. The molecule has 0 aliphatic carbocycles. The molecule has 0 aromatic heterocycles. The molecule has 0 heterocycles. The summed E-state index contributed by atoms with van der Waals surface area (Å²) in [7, 11) is 0. The molecule has 0 aliphatic rings. The van der Waals surface area contributed by atoms with E-state index in [1.807, 2.05) is 5.32 Å². The number of nitrogens with two attached hydrogens (primary N) is 2. The highest BCUT2D eigenvalue weighted by molar-refractivity contribution is 5.94. The fourth-order valence-corrected chi connectivity index (χ4v) is 0.607. The van der Waals surface area contributed by atoms with Crippen LogP contribution in [0.25, 0.3) is 0 Å². The number of amides is 4. The molecule has 8 heteroatoms. The molecule has 0 aliphatic heterocycles. The zero-order valence-corrected chi connectivity index (χ0v) is 7.41. The van der Waals surface area contributed by atoms with Crippen molar-refractivity contribution in [2.24, 2.45) is 11.5 Å². The Morgan fingerprint density at radius 2 is 1.86 bits per heavy atom. The number of carbonyl (C=O) groups is 3. The third-order valence-corrected chi connectivity index (χ3v) is 1.07. The van der Waals surface area contributed by atoms with Crippen LogP contribution in [0.5, 0.6) is 0 Å². The minimum Gasteiger partial charge on any atom is -0.448 e. The SMILES string of the molecule is NC(=O)NC(=O)CNCCOC(N)=O. The highest BCUT2D eigenvalue weighted by atomic mass is 16.5. The van der Waals surface area contributed by atoms with E-state index in [1.165, 1.54) is 0 Å². The number of urea groups is 1. The summed E-state index contributed by atoms with van der Waals surface area (Å²) < 4.78 is 4.36. The van der Waals surface area contributed by atoms with E-state index >= 15 is 0 Å². The molecule has 0 saturated carbocycles. The number of rotatable bonds is 5. The Bertz CT molecular complexity index is 230. The number of nitrogens with one attached hydrogen (secondary N) is 2. The maximum atomic E-state index is 10.7. The van der Waals surface area contributed by atoms with E-state index < -0.39 is 18.0 Å². The molecule has 0 saturated heterocycles. The minimum absolute atomic E-state index is 0.0547. The fraction of sp³-hybridized carbons (Fsp3) is 0.500. The number of hydrogen-bond donors (Lipinski definition) is 4. The van der Waals surface area contributed by atoms with Crippen LogP contribution < -0.4 is 22.1 Å². The molecular weight excluding hydrogens is 192 g/mol. The van der Waals surface area contributed by atoms with Crippen molar-refractivity contribution in [1.82, 2.24) is 10.6 Å². The monoisotopic (exact) mass is 204 g/mol. The lowest BCUT2D eigenvalue weighted by Crippen LogP contribution is -2.41. The highest BCUT2D eigenvalue weighted by Crippen LogP contribution is 1.71. The van der Waals surface area contributed by atoms with Crippen LogP contribution in [0, 0.1) is 0 Å². The van der Waals surface area contributed by atoms with Gasteiger partial charge in [-0.3, -0.25) is 10.1 Å². The lowest BCUT2D eigenvalue weighted by atomic mass is 10.5. The summed E-state index contributed by atoms with van der Waals surface area (Å²) in [6, 6.07) is -0.912. The van der Waals surface area contributed by atoms with Crippen molar-refractivity contribution in [2.45, 2.75) is 0 Å². The van der Waals surface area contributed by atoms with Crippen LogP contribution in [-0.2, 0) is 9.53 Å². The van der Waals surface area contributed by atoms with E-state index in [4.69, 9.17) is 0 Å². The Balaban J connectivity index is 3.32. The van der Waals surface area contributed by atoms with Crippen LogP contribution in [0.3, 0.4) is 0 Å². The summed E-state index contributed by atoms with van der Waals surface area (Å²) in [5, 5.41) is 4.44. The van der Waals surface area contributed by atoms with Gasteiger partial charge in [-0.25, -0.2) is 9.59 Å². The lowest BCUT2D eigenvalue weighted by Gasteiger charge is -2.03. The summed E-state index contributed by atoms with van der Waals surface area (Å²) in [4.78, 5) is 31.0. The molecule has 0 aromatic rings. The molecule has 4 amide bonds. The zero-order chi connectivity index (χ0) is 11.0. The predicted molar refractivity (Wildman–Crippen MR) is 46.1 cm³/mol. The van der Waals surface area contributed by atoms with E-state index in [0.29, 0.717) is 0 Å². The topological polar surface area (TPSA) is 137 Å². The van der Waals surface area contributed by atoms with Crippen LogP contribution in [0.1, 0.15) is 0 Å². The Morgan fingerprint density at radius 1 is 1.21 bits per heavy atom. The maximum absolute atomic E-state index is 10.7. The second-order valence-electron chi connectivity index (χ2n) is 2.26. The number of imide groups is 1. The van der Waals surface area contributed by atoms with Gasteiger partial charge in [-0.05, 0) is 0 Å². The largest absolute Gasteiger partial charge is 0.448 e. The Morgan fingerprint density at radius 3 is 2.36 bits per heavy atom. The number of carbonyl (C=O) groups excluding carboxylic acids is 3. The van der Waals surface area contributed by atoms with Crippen molar-refractivity contribution in [1.29, 1.82) is 0 Å². The van der Waals surface area contributed by atoms with Gasteiger partial charge in [0, 0.05) is 6.54 Å². The molecule has 0 unspecified atom stereocenters. The number of ether oxygens (including phenoxy) is 1. The molecule has 0 aromatic carbocycles. The molecule has 0 bridgehead atoms. The average molecular weight is 204 g/mol. The maximum Gasteiger partial charge on any atom is 0.404 e. The molecule has 6 N–H and O–H groups in total. The molecule has 14 heavy (non-hydrogen) atoms. The summed E-state index contributed by atoms with van der Waals surface area (Å²) in [6.45, 7) is 0.222. The van der Waals surface area contributed by atoms with Gasteiger partial charge < -0.3 is 21.5 Å². The Kier molecular flexibility index (Phi) is 5.79. The molecule has 0 radical (unpaired) electrons. The van der Waals surface area contributed by atoms with Gasteiger partial charge >= 0.3 is 12.1 Å². The second kappa shape index (κ2) is 6.66. The van der Waals surface area contributed by atoms with E-state index in [0.717, 1.165) is 0 Å². The predicted octanol–water partition coefficient (Wildman–Crippen LogP) is -2.13. The number of primary amides is 2. The quantitative estimate of drug-likeness (QED) is 0.379. The lowest BCUT2D eigenvalue weighted by molar-refractivity contribution is -0.119. The fourth-order valence-electron chi connectivity index (χ4n) is 0.607. The van der Waals surface area contributed by atoms with Crippen LogP contribution >= 0.6 is 0 Å². The third-order valence-electron chi connectivity index (χ3n) is 1.07. The minimum atomic E-state index is -0.912. The van der Waals surface area contributed by atoms with Crippen molar-refractivity contribution in [2.75, 3.05) is 19.7 Å². The van der Waals surface area contributed by atoms with Crippen molar-refractivity contribution < 1.29 is 19.1 Å². The molecule has 0 rings (SSSR count). The van der Waals surface area contributed by atoms with Crippen LogP contribution in [0.2, 0.25) is 0 Å². The normalized spacial score (nSPS) is 9.14. The molecule has 0 fully saturated rings. The van der Waals surface area contributed by atoms with Gasteiger partial charge in [0.05, 0.1) is 6.54 Å². The summed E-state index contributed by atoms with van der Waals surface area (Å²) >= 11 is 0. The summed E-state index contributed by atoms with van der Waals surface area (Å²) in [5.41, 5.74) is 9.35. The van der Waals surface area contributed by atoms with Crippen molar-refractivity contribution in [3.05, 3.63) is 0 Å². The Hall–Kier alpha value is -1.83. The smallest absolute Gasteiger partial charge is 0.404 e. The molecule has 8 nitrogen and oxygen atoms in total. The van der Waals surface area contributed by atoms with Gasteiger partial charge in [-0.2, -0.15) is 0 Å². The average Bonchev–Trinajstić information content (AvgIpc) is 2.01. The van der Waals surface area contributed by atoms with Gasteiger partial charge in [0.2, 0.25) is 5.91 Å². The molecule has 80 valence electrons. The van der Waals surface area contributed by atoms with Crippen LogP contribution in [-0.4, -0.2) is 37.7 Å². The number of hydrogen-bond acceptors (Lipinski definition) is 5. The van der Waals surface area contributed by atoms with Gasteiger partial charge in [0.1, 0.15) is 6.61 Å². The second-order valence-corrected chi connectivity index (χ2v) is 2.26. The zero-order valence-electron chi connectivity index (χ0n) is 7.41. The summed E-state index contributed by atoms with van der Waals surface area (Å²) in [5.74, 6) is -0.559. The Labute approximate surface area is 79.9 Å². The van der Waals surface area contributed by atoms with E-state index in [1.54, 1.807) is 0 Å². The first-order valence-corrected chi connectivity index (χ1v) is 3.74. The van der Waals surface area contributed by atoms with E-state index in [-0.39, 0.29) is 19.7 Å². The van der Waals surface area contributed by atoms with Crippen LogP contribution in [0.4, 0.5) is 9.59 Å². The van der Waals surface area contributed by atoms with E-state index in [9.17, 15) is 14.4 Å². The highest BCUT2D eigenvalue weighted by Gasteiger charge is 2.02. The standard InChI is InChI=1S/C6H12N4O4/c7-5(12)10-4(11)3-9-1-2-14-6(8)13/h9H,1-3H2,(H2,8,13)(H3,7,10,11,12). The first-order valence-electron chi connectivity index (χ1n) is 3.74. The first kappa shape index (κ1) is 12.2. The van der Waals surface area contributed by atoms with Gasteiger partial charge in [0.15, 0.2) is 0 Å². The molecular formula is C6H12N4O4. The van der Waals surface area contributed by atoms with Crippen molar-refractivity contribution in [3.63, 3.8) is 0 Å². The molecule has 0 spiro atoms. The van der Waals surface area contributed by atoms with Crippen molar-refractivity contribution >= 4 is 18.0 Å². The third kappa shape index (κ3) is 8.27. The van der Waals surface area contributed by atoms with E-state index in [2.05, 4.69) is 21.5 Å². The van der Waals surface area contributed by atoms with Crippen LogP contribution in [0.15, 0.2) is 0 Å². The van der Waals surface area contributed by atoms with Gasteiger partial charge in [-0.15, -0.1) is 0 Å². The summed E-state index contributed by atoms with van der Waals surface area (Å²) in [6.07, 6.45) is -0.881. The van der Waals surface area contributed by atoms with Gasteiger partial charge in [-0.1, -0.05) is 0 Å².